The van der Waals surface area contributed by atoms with Crippen molar-refractivity contribution in [2.75, 3.05) is 0 Å². The molecule has 65 heavy (non-hydrogen) atoms. The van der Waals surface area contributed by atoms with E-state index in [1.807, 2.05) is 0 Å². The molecule has 0 amide bonds. The molecule has 2 heteroatoms. The highest BCUT2D eigenvalue weighted by atomic mass is 15.0. The van der Waals surface area contributed by atoms with Crippen molar-refractivity contribution in [1.29, 1.82) is 0 Å². The molecule has 0 aliphatic heterocycles. The third kappa shape index (κ3) is 5.05. The van der Waals surface area contributed by atoms with Crippen LogP contribution in [-0.2, 0) is 5.41 Å². The standard InChI is InChI=1S/C63H44N2/c1-63(2)55-28-10-5-20-43(55)51-26-16-27-52(62(51)63)61-50-36-34-40(64-56-29-11-6-21-44(56)45-22-7-12-30-57(45)64)37-53(50)60(48-25-15-18-39-17-3-4-19-42(39)48)49-35-33-41(38-54(49)61)65-58-31-13-8-23-46(58)47-24-9-14-32-59(47)65/h3-9,11-27,29-38H,10,28H2,1-2H3. The molecule has 0 saturated carbocycles. The SMILES string of the molecule is CC1(C)C2=C(C=CCC2)c2cccc(-c3c4cc(-n5c6ccccc6c6ccccc65)ccc4c(-c4cccc5ccccc45)c4cc(-n5c6ccccc6c6ccccc65)ccc34)c21. The van der Waals surface area contributed by atoms with Crippen LogP contribution >= 0.6 is 0 Å². The summed E-state index contributed by atoms with van der Waals surface area (Å²) >= 11 is 0. The Hall–Kier alpha value is -7.94. The molecule has 306 valence electrons. The number of allylic oxidation sites excluding steroid dienone is 4. The topological polar surface area (TPSA) is 9.86 Å². The van der Waals surface area contributed by atoms with Gasteiger partial charge in [-0.1, -0.05) is 177 Å². The fourth-order valence-corrected chi connectivity index (χ4v) is 12.3. The minimum absolute atomic E-state index is 0.133. The van der Waals surface area contributed by atoms with E-state index >= 15 is 0 Å². The number of para-hydroxylation sites is 4. The average Bonchev–Trinajstić information content (AvgIpc) is 3.96. The van der Waals surface area contributed by atoms with E-state index in [0.717, 1.165) is 24.2 Å². The van der Waals surface area contributed by atoms with Gasteiger partial charge in [0.15, 0.2) is 0 Å². The van der Waals surface area contributed by atoms with Crippen LogP contribution in [0, 0.1) is 0 Å². The zero-order valence-electron chi connectivity index (χ0n) is 36.4. The van der Waals surface area contributed by atoms with Crippen molar-refractivity contribution in [3.8, 4) is 33.6 Å². The summed E-state index contributed by atoms with van der Waals surface area (Å²) in [6.07, 6.45) is 6.95. The van der Waals surface area contributed by atoms with Crippen molar-refractivity contribution in [3.63, 3.8) is 0 Å². The predicted molar refractivity (Wildman–Crippen MR) is 277 cm³/mol. The summed E-state index contributed by atoms with van der Waals surface area (Å²) in [7, 11) is 0. The Balaban J connectivity index is 1.17. The molecule has 0 fully saturated rings. The molecule has 0 bridgehead atoms. The van der Waals surface area contributed by atoms with E-state index in [-0.39, 0.29) is 5.41 Å². The number of rotatable bonds is 4. The van der Waals surface area contributed by atoms with Crippen LogP contribution in [-0.4, -0.2) is 9.13 Å². The molecule has 0 saturated heterocycles. The average molecular weight is 829 g/mol. The van der Waals surface area contributed by atoms with E-state index in [9.17, 15) is 0 Å². The van der Waals surface area contributed by atoms with Gasteiger partial charge in [-0.25, -0.2) is 0 Å². The summed E-state index contributed by atoms with van der Waals surface area (Å²) in [5.74, 6) is 0. The van der Waals surface area contributed by atoms with Crippen molar-refractivity contribution in [1.82, 2.24) is 9.13 Å². The summed E-state index contributed by atoms with van der Waals surface area (Å²) in [5, 5.41) is 12.6. The minimum atomic E-state index is -0.133. The maximum atomic E-state index is 2.51. The number of benzene rings is 10. The summed E-state index contributed by atoms with van der Waals surface area (Å²) < 4.78 is 4.95. The lowest BCUT2D eigenvalue weighted by atomic mass is 9.74. The largest absolute Gasteiger partial charge is 0.309 e. The molecule has 12 aromatic rings. The van der Waals surface area contributed by atoms with Crippen LogP contribution in [0.5, 0.6) is 0 Å². The highest BCUT2D eigenvalue weighted by Crippen LogP contribution is 2.56. The fourth-order valence-electron chi connectivity index (χ4n) is 12.3. The zero-order chi connectivity index (χ0) is 43.0. The molecule has 10 aromatic carbocycles. The monoisotopic (exact) mass is 828 g/mol. The van der Waals surface area contributed by atoms with Crippen molar-refractivity contribution < 1.29 is 0 Å². The molecule has 14 rings (SSSR count). The van der Waals surface area contributed by atoms with Gasteiger partial charge in [0, 0.05) is 38.3 Å². The quantitative estimate of drug-likeness (QED) is 0.156. The van der Waals surface area contributed by atoms with Crippen LogP contribution in [0.25, 0.3) is 115 Å². The van der Waals surface area contributed by atoms with Gasteiger partial charge in [-0.05, 0) is 133 Å². The van der Waals surface area contributed by atoms with Crippen molar-refractivity contribution in [2.24, 2.45) is 0 Å². The van der Waals surface area contributed by atoms with Gasteiger partial charge in [0.25, 0.3) is 0 Å². The maximum absolute atomic E-state index is 2.51. The van der Waals surface area contributed by atoms with Crippen LogP contribution in [0.15, 0.2) is 212 Å². The van der Waals surface area contributed by atoms with Crippen LogP contribution < -0.4 is 0 Å². The molecule has 0 radical (unpaired) electrons. The molecular formula is C63H44N2. The highest BCUT2D eigenvalue weighted by molar-refractivity contribution is 6.25. The Labute approximate surface area is 377 Å². The molecule has 2 aliphatic carbocycles. The normalized spacial score (nSPS) is 14.5. The van der Waals surface area contributed by atoms with Crippen LogP contribution in [0.3, 0.4) is 0 Å². The van der Waals surface area contributed by atoms with Gasteiger partial charge >= 0.3 is 0 Å². The van der Waals surface area contributed by atoms with Crippen molar-refractivity contribution >= 4 is 81.5 Å². The first-order chi connectivity index (χ1) is 32.0. The second-order valence-electron chi connectivity index (χ2n) is 18.7. The van der Waals surface area contributed by atoms with Gasteiger partial charge in [-0.15, -0.1) is 0 Å². The van der Waals surface area contributed by atoms with Gasteiger partial charge in [0.2, 0.25) is 0 Å². The molecule has 0 unspecified atom stereocenters. The fraction of sp³-hybridized carbons (Fsp3) is 0.0794. The van der Waals surface area contributed by atoms with E-state index in [1.165, 1.54) is 115 Å². The first kappa shape index (κ1) is 36.5. The minimum Gasteiger partial charge on any atom is -0.309 e. The first-order valence-electron chi connectivity index (χ1n) is 23.1. The predicted octanol–water partition coefficient (Wildman–Crippen LogP) is 17.1. The molecule has 0 N–H and O–H groups in total. The molecule has 2 nitrogen and oxygen atoms in total. The summed E-state index contributed by atoms with van der Waals surface area (Å²) in [6.45, 7) is 4.94. The second kappa shape index (κ2) is 13.5. The summed E-state index contributed by atoms with van der Waals surface area (Å²) in [5.41, 5.74) is 17.9. The Kier molecular flexibility index (Phi) is 7.61. The number of aromatic nitrogens is 2. The highest BCUT2D eigenvalue weighted by Gasteiger charge is 2.40. The van der Waals surface area contributed by atoms with Gasteiger partial charge in [0.05, 0.1) is 22.1 Å². The third-order valence-corrected chi connectivity index (χ3v) is 15.0. The maximum Gasteiger partial charge on any atom is 0.0541 e. The Morgan fingerprint density at radius 3 is 1.40 bits per heavy atom. The van der Waals surface area contributed by atoms with Gasteiger partial charge in [-0.3, -0.25) is 0 Å². The Morgan fingerprint density at radius 1 is 0.385 bits per heavy atom. The van der Waals surface area contributed by atoms with E-state index in [0.29, 0.717) is 0 Å². The molecular weight excluding hydrogens is 785 g/mol. The lowest BCUT2D eigenvalue weighted by molar-refractivity contribution is 0.609. The number of hydrogen-bond acceptors (Lipinski definition) is 0. The lowest BCUT2D eigenvalue weighted by Crippen LogP contribution is -2.19. The van der Waals surface area contributed by atoms with Crippen LogP contribution in [0.1, 0.15) is 37.8 Å². The van der Waals surface area contributed by atoms with E-state index in [4.69, 9.17) is 0 Å². The Morgan fingerprint density at radius 2 is 0.831 bits per heavy atom. The van der Waals surface area contributed by atoms with Crippen LogP contribution in [0.2, 0.25) is 0 Å². The van der Waals surface area contributed by atoms with E-state index < -0.39 is 0 Å². The van der Waals surface area contributed by atoms with E-state index in [2.05, 4.69) is 229 Å². The summed E-state index contributed by atoms with van der Waals surface area (Å²) in [4.78, 5) is 0. The van der Waals surface area contributed by atoms with Gasteiger partial charge in [0.1, 0.15) is 0 Å². The number of hydrogen-bond donors (Lipinski definition) is 0. The van der Waals surface area contributed by atoms with Crippen molar-refractivity contribution in [2.45, 2.75) is 32.1 Å². The second-order valence-corrected chi connectivity index (χ2v) is 18.7. The van der Waals surface area contributed by atoms with E-state index in [1.54, 1.807) is 5.57 Å². The molecule has 2 aromatic heterocycles. The smallest absolute Gasteiger partial charge is 0.0541 e. The molecule has 0 spiro atoms. The lowest BCUT2D eigenvalue weighted by Gasteiger charge is -2.29. The number of fused-ring (bicyclic) bond motifs is 11. The molecule has 0 atom stereocenters. The first-order valence-corrected chi connectivity index (χ1v) is 23.1. The molecule has 2 heterocycles. The summed E-state index contributed by atoms with van der Waals surface area (Å²) in [6, 6.07) is 72.9. The zero-order valence-corrected chi connectivity index (χ0v) is 36.4. The number of nitrogens with zero attached hydrogens (tertiary/aromatic N) is 2. The van der Waals surface area contributed by atoms with Gasteiger partial charge in [-0.2, -0.15) is 0 Å². The third-order valence-electron chi connectivity index (χ3n) is 15.0. The van der Waals surface area contributed by atoms with Gasteiger partial charge < -0.3 is 9.13 Å². The van der Waals surface area contributed by atoms with Crippen LogP contribution in [0.4, 0.5) is 0 Å². The molecule has 2 aliphatic rings. The Bertz CT molecular complexity index is 3980. The van der Waals surface area contributed by atoms with Crippen molar-refractivity contribution in [3.05, 3.63) is 223 Å².